The molecule has 15 nitrogen and oxygen atoms in total. The van der Waals surface area contributed by atoms with Crippen LogP contribution in [0.25, 0.3) is 33.2 Å². The Bertz CT molecular complexity index is 2580. The zero-order valence-corrected chi connectivity index (χ0v) is 38.6. The van der Waals surface area contributed by atoms with Crippen LogP contribution in [0.4, 0.5) is 15.3 Å². The van der Waals surface area contributed by atoms with Crippen molar-refractivity contribution in [3.8, 4) is 28.1 Å². The highest BCUT2D eigenvalue weighted by atomic mass is 16.5. The molecule has 10 rings (SSSR count). The van der Waals surface area contributed by atoms with Gasteiger partial charge in [-0.15, -0.1) is 0 Å². The highest BCUT2D eigenvalue weighted by molar-refractivity contribution is 6.07. The normalized spacial score (nSPS) is 24.2. The number of amides is 4. The van der Waals surface area contributed by atoms with Gasteiger partial charge in [-0.2, -0.15) is 0 Å². The van der Waals surface area contributed by atoms with Gasteiger partial charge in [0.1, 0.15) is 30.3 Å². The van der Waals surface area contributed by atoms with Crippen molar-refractivity contribution < 1.29 is 38.1 Å². The van der Waals surface area contributed by atoms with Gasteiger partial charge in [0, 0.05) is 43.0 Å². The van der Waals surface area contributed by atoms with Gasteiger partial charge < -0.3 is 44.4 Å². The quantitative estimate of drug-likeness (QED) is 0.142. The van der Waals surface area contributed by atoms with E-state index in [1.807, 2.05) is 24.9 Å². The van der Waals surface area contributed by atoms with E-state index >= 15 is 0 Å². The third kappa shape index (κ3) is 7.86. The van der Waals surface area contributed by atoms with Crippen molar-refractivity contribution in [2.24, 2.45) is 22.7 Å². The summed E-state index contributed by atoms with van der Waals surface area (Å²) in [5.74, 6) is 1.67. The van der Waals surface area contributed by atoms with E-state index < -0.39 is 24.3 Å². The van der Waals surface area contributed by atoms with E-state index in [0.717, 1.165) is 112 Å². The van der Waals surface area contributed by atoms with Crippen LogP contribution >= 0.6 is 0 Å². The molecule has 3 aromatic carbocycles. The van der Waals surface area contributed by atoms with Crippen molar-refractivity contribution in [3.63, 3.8) is 0 Å². The third-order valence-corrected chi connectivity index (χ3v) is 15.4. The number of carbonyl (C=O) groups excluding carboxylic acids is 4. The van der Waals surface area contributed by atoms with Gasteiger partial charge in [-0.1, -0.05) is 45.4 Å². The molecule has 0 unspecified atom stereocenters. The lowest BCUT2D eigenvalue weighted by Crippen LogP contribution is -2.56. The number of carbonyl (C=O) groups is 4. The Balaban J connectivity index is 0.882. The number of aromatic amines is 1. The average Bonchev–Trinajstić information content (AvgIpc) is 4.19. The van der Waals surface area contributed by atoms with Gasteiger partial charge in [-0.25, -0.2) is 14.6 Å². The smallest absolute Gasteiger partial charge is 0.407 e. The Hall–Kier alpha value is -5.96. The van der Waals surface area contributed by atoms with Crippen molar-refractivity contribution in [1.29, 1.82) is 0 Å². The fourth-order valence-corrected chi connectivity index (χ4v) is 12.0. The molecule has 15 heteroatoms. The fraction of sp³-hybridized carbons (Fsp3) is 0.529. The van der Waals surface area contributed by atoms with E-state index in [4.69, 9.17) is 28.9 Å². The number of nitrogens with one attached hydrogen (secondary N) is 3. The molecule has 3 saturated heterocycles. The maximum atomic E-state index is 14.5. The lowest BCUT2D eigenvalue weighted by atomic mass is 9.90. The van der Waals surface area contributed by atoms with E-state index in [9.17, 15) is 19.2 Å². The summed E-state index contributed by atoms with van der Waals surface area (Å²) in [5, 5.41) is 7.89. The second-order valence-electron chi connectivity index (χ2n) is 19.3. The molecular weight excluding hydrogens is 839 g/mol. The van der Waals surface area contributed by atoms with Gasteiger partial charge in [0.05, 0.1) is 43.9 Å². The van der Waals surface area contributed by atoms with E-state index in [1.165, 1.54) is 14.2 Å². The van der Waals surface area contributed by atoms with Crippen LogP contribution in [0.1, 0.15) is 102 Å². The molecule has 1 aliphatic carbocycles. The summed E-state index contributed by atoms with van der Waals surface area (Å²) in [6.07, 6.45) is 9.11. The number of likely N-dealkylation sites (tertiary alicyclic amines) is 2. The average molecular weight is 900 g/mol. The summed E-state index contributed by atoms with van der Waals surface area (Å²) in [4.78, 5) is 71.3. The van der Waals surface area contributed by atoms with Crippen LogP contribution in [-0.4, -0.2) is 107 Å². The molecule has 348 valence electrons. The molecular formula is C51H61N7O8. The number of fused-ring (bicyclic) bond motifs is 7. The molecule has 7 atom stereocenters. The second kappa shape index (κ2) is 18.0. The van der Waals surface area contributed by atoms with Crippen molar-refractivity contribution in [1.82, 2.24) is 30.4 Å². The highest BCUT2D eigenvalue weighted by Gasteiger charge is 2.50. The minimum Gasteiger partial charge on any atom is -0.488 e. The number of ether oxygens (including phenoxy) is 4. The number of H-pyrrole nitrogens is 1. The Morgan fingerprint density at radius 1 is 0.879 bits per heavy atom. The molecule has 0 spiro atoms. The first-order valence-corrected chi connectivity index (χ1v) is 23.9. The Morgan fingerprint density at radius 3 is 2.45 bits per heavy atom. The molecule has 3 N–H and O–H groups in total. The predicted octanol–water partition coefficient (Wildman–Crippen LogP) is 8.16. The SMILES string of the molecule is CC[C@H]1CC[C@@H](c2ncc(-c3ccc4c(c3)COc3cc5c6c(ccc5cc3-4)N=C([C@@H]3C[C@@H]4CCC[C@@H]4N3C(=O)[C@@H](NC(=O)OC)C(C)C)C6)[nH]2)N1C(=O)[C@@H](NC(=O)OC)C1CCOCC1. The number of hydrogen-bond acceptors (Lipinski definition) is 10. The molecule has 0 radical (unpaired) electrons. The summed E-state index contributed by atoms with van der Waals surface area (Å²) in [5.41, 5.74) is 8.13. The first kappa shape index (κ1) is 43.9. The van der Waals surface area contributed by atoms with Crippen LogP contribution in [0.3, 0.4) is 0 Å². The number of benzene rings is 3. The largest absolute Gasteiger partial charge is 0.488 e. The topological polar surface area (TPSA) is 177 Å². The Morgan fingerprint density at radius 2 is 1.68 bits per heavy atom. The summed E-state index contributed by atoms with van der Waals surface area (Å²) < 4.78 is 22.0. The van der Waals surface area contributed by atoms with E-state index in [2.05, 4.69) is 69.9 Å². The van der Waals surface area contributed by atoms with Crippen LogP contribution in [0.15, 0.2) is 53.7 Å². The second-order valence-corrected chi connectivity index (χ2v) is 19.3. The number of aliphatic imine (C=N–C) groups is 1. The number of methoxy groups -OCH3 is 2. The monoisotopic (exact) mass is 899 g/mol. The molecule has 66 heavy (non-hydrogen) atoms. The van der Waals surface area contributed by atoms with E-state index in [1.54, 1.807) is 0 Å². The minimum atomic E-state index is -0.709. The Kier molecular flexibility index (Phi) is 12.0. The first-order chi connectivity index (χ1) is 32.0. The Labute approximate surface area is 385 Å². The van der Waals surface area contributed by atoms with Crippen molar-refractivity contribution >= 4 is 46.2 Å². The number of rotatable bonds is 10. The molecule has 4 amide bonds. The number of hydrogen-bond donors (Lipinski definition) is 3. The summed E-state index contributed by atoms with van der Waals surface area (Å²) >= 11 is 0. The van der Waals surface area contributed by atoms with Gasteiger partial charge in [-0.05, 0) is 126 Å². The molecule has 6 heterocycles. The highest BCUT2D eigenvalue weighted by Crippen LogP contribution is 2.48. The van der Waals surface area contributed by atoms with Crippen molar-refractivity contribution in [2.45, 2.75) is 128 Å². The van der Waals surface area contributed by atoms with Gasteiger partial charge in [-0.3, -0.25) is 14.6 Å². The standard InChI is InChI=1S/C51H61N7O8/c1-6-33-12-15-42(57(33)49(60)46(56-51(62)64-5)28-16-18-65-19-17-28)47-52-25-40(54-47)30-10-13-34-32(20-30)26-66-44-24-35-29(21-37(34)44)11-14-38-36(35)23-39(53-38)43-22-31-8-7-9-41(31)58(43)48(59)45(27(2)3)55-50(61)63-4/h10-11,13-14,20-21,24-25,27-28,31,33,41-43,45-46H,6-9,12,15-19,22-23,26H2,1-5H3,(H,52,54)(H,55,61)(H,56,62)/t31-,33-,41-,42-,43-,45-,46-/m0/s1. The van der Waals surface area contributed by atoms with Gasteiger partial charge in [0.15, 0.2) is 0 Å². The van der Waals surface area contributed by atoms with Crippen LogP contribution in [0, 0.1) is 17.8 Å². The fourth-order valence-electron chi connectivity index (χ4n) is 12.0. The van der Waals surface area contributed by atoms with Crippen molar-refractivity contribution in [2.75, 3.05) is 27.4 Å². The van der Waals surface area contributed by atoms with Gasteiger partial charge in [0.2, 0.25) is 11.8 Å². The first-order valence-electron chi connectivity index (χ1n) is 23.9. The van der Waals surface area contributed by atoms with Crippen LogP contribution in [0.2, 0.25) is 0 Å². The minimum absolute atomic E-state index is 0.0272. The molecule has 1 saturated carbocycles. The van der Waals surface area contributed by atoms with Gasteiger partial charge in [0.25, 0.3) is 0 Å². The van der Waals surface area contributed by atoms with Crippen LogP contribution in [-0.2, 0) is 36.8 Å². The molecule has 6 aliphatic rings. The summed E-state index contributed by atoms with van der Waals surface area (Å²) in [6, 6.07) is 13.4. The molecule has 5 aliphatic heterocycles. The maximum Gasteiger partial charge on any atom is 0.407 e. The lowest BCUT2D eigenvalue weighted by molar-refractivity contribution is -0.139. The molecule has 4 aromatic rings. The number of aromatic nitrogens is 2. The predicted molar refractivity (Wildman–Crippen MR) is 248 cm³/mol. The van der Waals surface area contributed by atoms with Crippen LogP contribution < -0.4 is 15.4 Å². The van der Waals surface area contributed by atoms with Crippen molar-refractivity contribution in [3.05, 3.63) is 65.6 Å². The molecule has 1 aromatic heterocycles. The van der Waals surface area contributed by atoms with Crippen LogP contribution in [0.5, 0.6) is 5.75 Å². The maximum absolute atomic E-state index is 14.5. The van der Waals surface area contributed by atoms with E-state index in [-0.39, 0.29) is 47.8 Å². The third-order valence-electron chi connectivity index (χ3n) is 15.4. The number of nitrogens with zero attached hydrogens (tertiary/aromatic N) is 4. The zero-order valence-electron chi connectivity index (χ0n) is 38.6. The summed E-state index contributed by atoms with van der Waals surface area (Å²) in [6.45, 7) is 7.52. The van der Waals surface area contributed by atoms with Gasteiger partial charge >= 0.3 is 12.2 Å². The molecule has 0 bridgehead atoms. The van der Waals surface area contributed by atoms with E-state index in [0.29, 0.717) is 45.0 Å². The zero-order chi connectivity index (χ0) is 45.8. The lowest BCUT2D eigenvalue weighted by Gasteiger charge is -2.36. The number of imidazole rings is 1. The number of alkyl carbamates (subject to hydrolysis) is 2. The summed E-state index contributed by atoms with van der Waals surface area (Å²) in [7, 11) is 2.64. The molecule has 4 fully saturated rings.